The molecule has 0 fully saturated rings. The molecular formula is C42H32. The van der Waals surface area contributed by atoms with Gasteiger partial charge in [0.05, 0.1) is 0 Å². The van der Waals surface area contributed by atoms with Crippen molar-refractivity contribution >= 4 is 53.9 Å². The van der Waals surface area contributed by atoms with E-state index in [0.29, 0.717) is 5.92 Å². The topological polar surface area (TPSA) is 0 Å². The van der Waals surface area contributed by atoms with Crippen LogP contribution < -0.4 is 0 Å². The van der Waals surface area contributed by atoms with Crippen LogP contribution >= 0.6 is 0 Å². The summed E-state index contributed by atoms with van der Waals surface area (Å²) in [7, 11) is 0. The Kier molecular flexibility index (Phi) is 5.83. The molecule has 42 heavy (non-hydrogen) atoms. The minimum atomic E-state index is 0.513. The van der Waals surface area contributed by atoms with Crippen molar-refractivity contribution in [2.75, 3.05) is 0 Å². The molecule has 200 valence electrons. The molecule has 0 radical (unpaired) electrons. The van der Waals surface area contributed by atoms with Crippen LogP contribution in [0, 0.1) is 0 Å². The molecule has 0 heterocycles. The zero-order valence-corrected chi connectivity index (χ0v) is 24.1. The van der Waals surface area contributed by atoms with Gasteiger partial charge < -0.3 is 0 Å². The minimum absolute atomic E-state index is 0.513. The van der Waals surface area contributed by atoms with E-state index < -0.39 is 0 Å². The summed E-state index contributed by atoms with van der Waals surface area (Å²) < 4.78 is 0. The van der Waals surface area contributed by atoms with Crippen LogP contribution in [0.1, 0.15) is 31.7 Å². The summed E-state index contributed by atoms with van der Waals surface area (Å²) in [6.45, 7) is 4.62. The van der Waals surface area contributed by atoms with Crippen molar-refractivity contribution in [3.8, 4) is 22.3 Å². The maximum absolute atomic E-state index is 2.46. The molecule has 0 aliphatic rings. The van der Waals surface area contributed by atoms with Crippen LogP contribution in [0.25, 0.3) is 76.1 Å². The molecule has 0 aliphatic heterocycles. The first-order valence-electron chi connectivity index (χ1n) is 15.1. The summed E-state index contributed by atoms with van der Waals surface area (Å²) in [5.74, 6) is 0.513. The maximum atomic E-state index is 2.46. The molecule has 1 atom stereocenters. The highest BCUT2D eigenvalue weighted by Crippen LogP contribution is 2.43. The molecule has 0 aliphatic carbocycles. The fourth-order valence-corrected chi connectivity index (χ4v) is 6.75. The summed E-state index contributed by atoms with van der Waals surface area (Å²) in [6.07, 6.45) is 1.13. The molecule has 8 aromatic carbocycles. The second kappa shape index (κ2) is 9.86. The van der Waals surface area contributed by atoms with Gasteiger partial charge in [-0.05, 0) is 118 Å². The predicted molar refractivity (Wildman–Crippen MR) is 184 cm³/mol. The summed E-state index contributed by atoms with van der Waals surface area (Å²) in [5.41, 5.74) is 6.52. The average Bonchev–Trinajstić information content (AvgIpc) is 3.06. The fraction of sp³-hybridized carbons (Fsp3) is 0.0952. The van der Waals surface area contributed by atoms with Gasteiger partial charge in [0, 0.05) is 0 Å². The van der Waals surface area contributed by atoms with E-state index in [9.17, 15) is 0 Å². The lowest BCUT2D eigenvalue weighted by molar-refractivity contribution is 0.735. The maximum Gasteiger partial charge on any atom is -0.00923 e. The summed E-state index contributed by atoms with van der Waals surface area (Å²) in [6, 6.07) is 52.1. The molecule has 1 unspecified atom stereocenters. The normalized spacial score (nSPS) is 12.5. The highest BCUT2D eigenvalue weighted by atomic mass is 14.2. The number of fused-ring (bicyclic) bond motifs is 7. The molecule has 0 amide bonds. The van der Waals surface area contributed by atoms with Gasteiger partial charge in [-0.2, -0.15) is 0 Å². The van der Waals surface area contributed by atoms with Crippen LogP contribution in [0.3, 0.4) is 0 Å². The van der Waals surface area contributed by atoms with Crippen molar-refractivity contribution < 1.29 is 0 Å². The van der Waals surface area contributed by atoms with Crippen molar-refractivity contribution in [2.45, 2.75) is 26.2 Å². The average molecular weight is 537 g/mol. The van der Waals surface area contributed by atoms with Crippen LogP contribution in [0.15, 0.2) is 140 Å². The Morgan fingerprint density at radius 2 is 0.905 bits per heavy atom. The number of benzene rings is 8. The van der Waals surface area contributed by atoms with Gasteiger partial charge in [-0.15, -0.1) is 0 Å². The standard InChI is InChI=1S/C42H32/c1-3-27(2)30-20-21-37-40(24-30)39(34-19-17-29-11-5-7-13-32(29)23-34)26-41-36-15-9-8-14-35(36)38(25-42(37)41)33-18-16-28-10-4-6-12-31(28)22-33/h4-27H,3H2,1-2H3. The van der Waals surface area contributed by atoms with Gasteiger partial charge in [0.1, 0.15) is 0 Å². The Balaban J connectivity index is 1.48. The van der Waals surface area contributed by atoms with Gasteiger partial charge in [0.25, 0.3) is 0 Å². The first-order valence-corrected chi connectivity index (χ1v) is 15.1. The molecule has 0 spiro atoms. The van der Waals surface area contributed by atoms with E-state index in [0.717, 1.165) is 6.42 Å². The van der Waals surface area contributed by atoms with Crippen LogP contribution in [-0.2, 0) is 0 Å². The zero-order chi connectivity index (χ0) is 28.2. The minimum Gasteiger partial charge on any atom is -0.0648 e. The molecule has 0 bridgehead atoms. The van der Waals surface area contributed by atoms with Crippen LogP contribution in [0.4, 0.5) is 0 Å². The lowest BCUT2D eigenvalue weighted by Crippen LogP contribution is -1.94. The molecule has 8 rings (SSSR count). The molecule has 0 saturated carbocycles. The van der Waals surface area contributed by atoms with E-state index in [1.165, 1.54) is 81.7 Å². The molecule has 0 heteroatoms. The Morgan fingerprint density at radius 1 is 0.405 bits per heavy atom. The first kappa shape index (κ1) is 24.8. The fourth-order valence-electron chi connectivity index (χ4n) is 6.75. The molecule has 0 N–H and O–H groups in total. The van der Waals surface area contributed by atoms with Crippen molar-refractivity contribution in [1.82, 2.24) is 0 Å². The van der Waals surface area contributed by atoms with Crippen molar-refractivity contribution in [3.05, 3.63) is 145 Å². The van der Waals surface area contributed by atoms with Gasteiger partial charge in [0.2, 0.25) is 0 Å². The molecule has 0 nitrogen and oxygen atoms in total. The van der Waals surface area contributed by atoms with Crippen molar-refractivity contribution in [1.29, 1.82) is 0 Å². The monoisotopic (exact) mass is 536 g/mol. The van der Waals surface area contributed by atoms with Crippen molar-refractivity contribution in [3.63, 3.8) is 0 Å². The van der Waals surface area contributed by atoms with Crippen molar-refractivity contribution in [2.24, 2.45) is 0 Å². The third-order valence-corrected chi connectivity index (χ3v) is 9.30. The van der Waals surface area contributed by atoms with Gasteiger partial charge >= 0.3 is 0 Å². The lowest BCUT2D eigenvalue weighted by atomic mass is 9.85. The van der Waals surface area contributed by atoms with E-state index >= 15 is 0 Å². The largest absolute Gasteiger partial charge is 0.0648 e. The Bertz CT molecular complexity index is 2300. The highest BCUT2D eigenvalue weighted by molar-refractivity contribution is 6.24. The summed E-state index contributed by atoms with van der Waals surface area (Å²) >= 11 is 0. The van der Waals surface area contributed by atoms with Gasteiger partial charge in [0.15, 0.2) is 0 Å². The van der Waals surface area contributed by atoms with E-state index in [1.807, 2.05) is 0 Å². The zero-order valence-electron chi connectivity index (χ0n) is 24.1. The van der Waals surface area contributed by atoms with E-state index in [1.54, 1.807) is 0 Å². The van der Waals surface area contributed by atoms with Crippen LogP contribution in [0.2, 0.25) is 0 Å². The van der Waals surface area contributed by atoms with E-state index in [-0.39, 0.29) is 0 Å². The van der Waals surface area contributed by atoms with E-state index in [4.69, 9.17) is 0 Å². The van der Waals surface area contributed by atoms with E-state index in [2.05, 4.69) is 153 Å². The third-order valence-electron chi connectivity index (χ3n) is 9.30. The Morgan fingerprint density at radius 3 is 1.50 bits per heavy atom. The lowest BCUT2D eigenvalue weighted by Gasteiger charge is -2.18. The SMILES string of the molecule is CCC(C)c1ccc2c(c1)c(-c1ccc3ccccc3c1)cc1c3ccccc3c(-c3ccc4ccccc4c3)cc21. The molecule has 8 aromatic rings. The number of hydrogen-bond donors (Lipinski definition) is 0. The van der Waals surface area contributed by atoms with Crippen LogP contribution in [0.5, 0.6) is 0 Å². The second-order valence-corrected chi connectivity index (χ2v) is 11.7. The van der Waals surface area contributed by atoms with Gasteiger partial charge in [-0.3, -0.25) is 0 Å². The summed E-state index contributed by atoms with van der Waals surface area (Å²) in [4.78, 5) is 0. The first-order chi connectivity index (χ1) is 20.7. The second-order valence-electron chi connectivity index (χ2n) is 11.7. The summed E-state index contributed by atoms with van der Waals surface area (Å²) in [5, 5.41) is 13.0. The highest BCUT2D eigenvalue weighted by Gasteiger charge is 2.16. The predicted octanol–water partition coefficient (Wildman–Crippen LogP) is 12.3. The Labute approximate surface area is 246 Å². The Hall–Kier alpha value is -4.94. The van der Waals surface area contributed by atoms with Gasteiger partial charge in [-0.1, -0.05) is 129 Å². The van der Waals surface area contributed by atoms with Gasteiger partial charge in [-0.25, -0.2) is 0 Å². The third kappa shape index (κ3) is 3.98. The van der Waals surface area contributed by atoms with Crippen LogP contribution in [-0.4, -0.2) is 0 Å². The molecule has 0 saturated heterocycles. The number of rotatable bonds is 4. The molecule has 0 aromatic heterocycles. The molecular weight excluding hydrogens is 504 g/mol. The number of hydrogen-bond acceptors (Lipinski definition) is 0. The smallest absolute Gasteiger partial charge is 0.00923 e. The quantitative estimate of drug-likeness (QED) is 0.196.